The van der Waals surface area contributed by atoms with Crippen LogP contribution in [0.15, 0.2) is 54.6 Å². The fourth-order valence-corrected chi connectivity index (χ4v) is 2.42. The number of carbonyl (C=O) groups is 3. The molecule has 2 rings (SSSR count). The lowest BCUT2D eigenvalue weighted by Gasteiger charge is -2.18. The van der Waals surface area contributed by atoms with E-state index in [1.807, 2.05) is 30.3 Å². The van der Waals surface area contributed by atoms with Crippen molar-refractivity contribution in [2.45, 2.75) is 19.4 Å². The van der Waals surface area contributed by atoms with Crippen LogP contribution in [0.5, 0.6) is 0 Å². The first-order valence-electron chi connectivity index (χ1n) is 7.80. The summed E-state index contributed by atoms with van der Waals surface area (Å²) < 4.78 is 4.66. The summed E-state index contributed by atoms with van der Waals surface area (Å²) in [5.74, 6) is -0.963. The molecule has 0 aliphatic rings. The van der Waals surface area contributed by atoms with Gasteiger partial charge in [-0.1, -0.05) is 36.4 Å². The lowest BCUT2D eigenvalue weighted by molar-refractivity contribution is -0.120. The maximum atomic E-state index is 12.3. The minimum Gasteiger partial charge on any atom is -0.465 e. The van der Waals surface area contributed by atoms with E-state index in [2.05, 4.69) is 15.4 Å². The van der Waals surface area contributed by atoms with Crippen LogP contribution in [0.1, 0.15) is 35.3 Å². The summed E-state index contributed by atoms with van der Waals surface area (Å²) in [5.41, 5.74) is 1.68. The fraction of sp³-hybridized carbons (Fsp3) is 0.211. The van der Waals surface area contributed by atoms with Crippen molar-refractivity contribution < 1.29 is 19.1 Å². The van der Waals surface area contributed by atoms with Crippen LogP contribution in [0.3, 0.4) is 0 Å². The van der Waals surface area contributed by atoms with E-state index in [1.54, 1.807) is 24.3 Å². The average molecular weight is 340 g/mol. The highest BCUT2D eigenvalue weighted by Crippen LogP contribution is 2.18. The molecule has 0 aromatic heterocycles. The zero-order chi connectivity index (χ0) is 18.2. The number of hydrogen-bond acceptors (Lipinski definition) is 4. The van der Waals surface area contributed by atoms with Crippen LogP contribution >= 0.6 is 0 Å². The Morgan fingerprint density at radius 3 is 2.40 bits per heavy atom. The van der Waals surface area contributed by atoms with Gasteiger partial charge in [-0.15, -0.1) is 0 Å². The molecule has 0 saturated carbocycles. The third kappa shape index (κ3) is 5.46. The van der Waals surface area contributed by atoms with Crippen molar-refractivity contribution in [3.63, 3.8) is 0 Å². The second-order valence-electron chi connectivity index (χ2n) is 5.49. The summed E-state index contributed by atoms with van der Waals surface area (Å²) in [5, 5.41) is 5.51. The van der Waals surface area contributed by atoms with E-state index in [4.69, 9.17) is 0 Å². The number of carbonyl (C=O) groups excluding carboxylic acids is 3. The van der Waals surface area contributed by atoms with E-state index < -0.39 is 12.0 Å². The summed E-state index contributed by atoms with van der Waals surface area (Å²) >= 11 is 0. The lowest BCUT2D eigenvalue weighted by Crippen LogP contribution is -2.29. The first-order chi connectivity index (χ1) is 12.0. The van der Waals surface area contributed by atoms with Gasteiger partial charge in [-0.2, -0.15) is 0 Å². The molecule has 0 aliphatic carbocycles. The highest BCUT2D eigenvalue weighted by atomic mass is 16.5. The van der Waals surface area contributed by atoms with Gasteiger partial charge in [0, 0.05) is 12.6 Å². The molecule has 0 aliphatic heterocycles. The summed E-state index contributed by atoms with van der Waals surface area (Å²) in [6.45, 7) is 1.41. The molecule has 25 heavy (non-hydrogen) atoms. The Labute approximate surface area is 146 Å². The Hall–Kier alpha value is -3.15. The summed E-state index contributed by atoms with van der Waals surface area (Å²) in [6.07, 6.45) is 0.0754. The average Bonchev–Trinajstić information content (AvgIpc) is 2.61. The molecule has 0 radical (unpaired) electrons. The molecule has 6 heteroatoms. The molecule has 2 aromatic rings. The standard InChI is InChI=1S/C19H20N2O4/c1-13(22)20-17(14-7-4-3-5-8-14)12-18(23)21-16-10-6-9-15(11-16)19(24)25-2/h3-11,17H,12H2,1-2H3,(H,20,22)(H,21,23)/t17-/m1/s1. The maximum Gasteiger partial charge on any atom is 0.337 e. The normalized spacial score (nSPS) is 11.3. The largest absolute Gasteiger partial charge is 0.465 e. The van der Waals surface area contributed by atoms with Gasteiger partial charge in [0.05, 0.1) is 25.1 Å². The molecule has 1 atom stereocenters. The fourth-order valence-electron chi connectivity index (χ4n) is 2.42. The van der Waals surface area contributed by atoms with E-state index in [1.165, 1.54) is 14.0 Å². The first kappa shape index (κ1) is 18.2. The third-order valence-electron chi connectivity index (χ3n) is 3.54. The molecule has 0 heterocycles. The number of amides is 2. The van der Waals surface area contributed by atoms with Gasteiger partial charge in [0.25, 0.3) is 0 Å². The smallest absolute Gasteiger partial charge is 0.337 e. The van der Waals surface area contributed by atoms with Gasteiger partial charge >= 0.3 is 5.97 Å². The van der Waals surface area contributed by atoms with Crippen LogP contribution in [0, 0.1) is 0 Å². The quantitative estimate of drug-likeness (QED) is 0.792. The van der Waals surface area contributed by atoms with Crippen LogP contribution in [-0.4, -0.2) is 24.9 Å². The maximum absolute atomic E-state index is 12.3. The molecular weight excluding hydrogens is 320 g/mol. The molecule has 130 valence electrons. The molecular formula is C19H20N2O4. The Bertz CT molecular complexity index is 759. The topological polar surface area (TPSA) is 84.5 Å². The van der Waals surface area contributed by atoms with Crippen LogP contribution in [0.2, 0.25) is 0 Å². The minimum atomic E-state index is -0.475. The van der Waals surface area contributed by atoms with Crippen molar-refractivity contribution in [1.82, 2.24) is 5.32 Å². The Balaban J connectivity index is 2.09. The molecule has 2 N–H and O–H groups in total. The zero-order valence-electron chi connectivity index (χ0n) is 14.1. The molecule has 0 spiro atoms. The van der Waals surface area contributed by atoms with Crippen LogP contribution < -0.4 is 10.6 Å². The van der Waals surface area contributed by atoms with Gasteiger partial charge in [-0.25, -0.2) is 4.79 Å². The molecule has 2 aromatic carbocycles. The van der Waals surface area contributed by atoms with Crippen molar-refractivity contribution in [1.29, 1.82) is 0 Å². The van der Waals surface area contributed by atoms with Gasteiger partial charge in [-0.3, -0.25) is 9.59 Å². The first-order valence-corrected chi connectivity index (χ1v) is 7.80. The second-order valence-corrected chi connectivity index (χ2v) is 5.49. The summed E-state index contributed by atoms with van der Waals surface area (Å²) in [4.78, 5) is 35.3. The number of ether oxygens (including phenoxy) is 1. The van der Waals surface area contributed by atoms with Gasteiger partial charge in [0.15, 0.2) is 0 Å². The number of anilines is 1. The van der Waals surface area contributed by atoms with E-state index in [-0.39, 0.29) is 18.2 Å². The SMILES string of the molecule is COC(=O)c1cccc(NC(=O)C[C@@H](NC(C)=O)c2ccccc2)c1. The van der Waals surface area contributed by atoms with Crippen LogP contribution in [-0.2, 0) is 14.3 Å². The monoisotopic (exact) mass is 340 g/mol. The van der Waals surface area contributed by atoms with E-state index in [0.717, 1.165) is 5.56 Å². The van der Waals surface area contributed by atoms with E-state index >= 15 is 0 Å². The summed E-state index contributed by atoms with van der Waals surface area (Å²) in [7, 11) is 1.30. The molecule has 0 fully saturated rings. The Morgan fingerprint density at radius 1 is 1.04 bits per heavy atom. The zero-order valence-corrected chi connectivity index (χ0v) is 14.1. The Kier molecular flexibility index (Phi) is 6.28. The van der Waals surface area contributed by atoms with E-state index in [0.29, 0.717) is 11.3 Å². The summed E-state index contributed by atoms with van der Waals surface area (Å²) in [6, 6.07) is 15.3. The van der Waals surface area contributed by atoms with Crippen LogP contribution in [0.4, 0.5) is 5.69 Å². The highest BCUT2D eigenvalue weighted by molar-refractivity contribution is 5.95. The van der Waals surface area contributed by atoms with Crippen molar-refractivity contribution in [3.8, 4) is 0 Å². The second kappa shape index (κ2) is 8.63. The van der Waals surface area contributed by atoms with Crippen LogP contribution in [0.25, 0.3) is 0 Å². The number of hydrogen-bond donors (Lipinski definition) is 2. The molecule has 0 bridgehead atoms. The van der Waals surface area contributed by atoms with Gasteiger partial charge in [0.2, 0.25) is 11.8 Å². The van der Waals surface area contributed by atoms with Crippen molar-refractivity contribution in [2.24, 2.45) is 0 Å². The van der Waals surface area contributed by atoms with E-state index in [9.17, 15) is 14.4 Å². The third-order valence-corrected chi connectivity index (χ3v) is 3.54. The van der Waals surface area contributed by atoms with Crippen molar-refractivity contribution in [2.75, 3.05) is 12.4 Å². The number of rotatable bonds is 6. The number of benzene rings is 2. The number of nitrogens with one attached hydrogen (secondary N) is 2. The van der Waals surface area contributed by atoms with Crippen molar-refractivity contribution in [3.05, 3.63) is 65.7 Å². The molecule has 0 unspecified atom stereocenters. The number of esters is 1. The highest BCUT2D eigenvalue weighted by Gasteiger charge is 2.17. The van der Waals surface area contributed by atoms with Gasteiger partial charge in [-0.05, 0) is 23.8 Å². The van der Waals surface area contributed by atoms with Crippen molar-refractivity contribution >= 4 is 23.5 Å². The Morgan fingerprint density at radius 2 is 1.76 bits per heavy atom. The minimum absolute atomic E-state index is 0.0754. The predicted molar refractivity (Wildman–Crippen MR) is 94.0 cm³/mol. The lowest BCUT2D eigenvalue weighted by atomic mass is 10.0. The molecule has 0 saturated heterocycles. The van der Waals surface area contributed by atoms with Gasteiger partial charge in [0.1, 0.15) is 0 Å². The predicted octanol–water partition coefficient (Wildman–Crippen LogP) is 2.68. The molecule has 6 nitrogen and oxygen atoms in total. The number of methoxy groups -OCH3 is 1. The molecule has 2 amide bonds. The van der Waals surface area contributed by atoms with Gasteiger partial charge < -0.3 is 15.4 Å².